The van der Waals surface area contributed by atoms with Crippen LogP contribution in [0.15, 0.2) is 0 Å². The van der Waals surface area contributed by atoms with Crippen LogP contribution in [0.1, 0.15) is 0 Å². The molecule has 22 heavy (non-hydrogen) atoms. The average molecular weight is 323 g/mol. The van der Waals surface area contributed by atoms with Gasteiger partial charge in [0, 0.05) is 13.1 Å². The molecule has 2 atom stereocenters. The molecule has 2 rings (SSSR count). The first-order valence-electron chi connectivity index (χ1n) is 6.25. The third-order valence-corrected chi connectivity index (χ3v) is 3.60. The number of aliphatic carboxylic acids is 1. The fraction of sp³-hybridized carbons (Fsp3) is 0.636. The van der Waals surface area contributed by atoms with Crippen LogP contribution in [0.2, 0.25) is 0 Å². The Labute approximate surface area is 121 Å². The van der Waals surface area contributed by atoms with Crippen LogP contribution >= 0.6 is 0 Å². The van der Waals surface area contributed by atoms with Gasteiger partial charge in [0.15, 0.2) is 0 Å². The zero-order chi connectivity index (χ0) is 16.7. The summed E-state index contributed by atoms with van der Waals surface area (Å²) in [5.41, 5.74) is 0. The Bertz CT molecular complexity index is 536. The van der Waals surface area contributed by atoms with Gasteiger partial charge < -0.3 is 14.9 Å². The first-order valence-corrected chi connectivity index (χ1v) is 6.25. The van der Waals surface area contributed by atoms with Crippen molar-refractivity contribution in [1.29, 1.82) is 0 Å². The van der Waals surface area contributed by atoms with Gasteiger partial charge in [0.1, 0.15) is 13.1 Å². The minimum atomic E-state index is -4.74. The van der Waals surface area contributed by atoms with Crippen molar-refractivity contribution >= 4 is 23.8 Å². The largest absolute Gasteiger partial charge is 0.481 e. The molecule has 0 aromatic carbocycles. The van der Waals surface area contributed by atoms with Gasteiger partial charge in [0.25, 0.3) is 0 Å². The number of alkyl halides is 3. The Morgan fingerprint density at radius 3 is 2.32 bits per heavy atom. The number of carbonyl (C=O) groups excluding carboxylic acids is 3. The number of halogens is 3. The van der Waals surface area contributed by atoms with Crippen LogP contribution in [0.5, 0.6) is 0 Å². The first-order chi connectivity index (χ1) is 10.1. The molecule has 2 N–H and O–H groups in total. The number of rotatable bonds is 3. The molecule has 2 fully saturated rings. The van der Waals surface area contributed by atoms with Crippen LogP contribution in [-0.2, 0) is 14.4 Å². The number of urea groups is 1. The van der Waals surface area contributed by atoms with Gasteiger partial charge in [0.2, 0.25) is 11.8 Å². The molecule has 0 saturated carbocycles. The molecule has 0 radical (unpaired) electrons. The van der Waals surface area contributed by atoms with E-state index in [-0.39, 0.29) is 6.54 Å². The lowest BCUT2D eigenvalue weighted by Crippen LogP contribution is -2.41. The summed E-state index contributed by atoms with van der Waals surface area (Å²) in [6.07, 6.45) is -4.74. The van der Waals surface area contributed by atoms with Crippen LogP contribution in [-0.4, -0.2) is 71.1 Å². The van der Waals surface area contributed by atoms with Crippen LogP contribution in [0.3, 0.4) is 0 Å². The summed E-state index contributed by atoms with van der Waals surface area (Å²) < 4.78 is 38.4. The maximum atomic E-state index is 12.8. The average Bonchev–Trinajstić information content (AvgIpc) is 2.93. The van der Waals surface area contributed by atoms with Gasteiger partial charge >= 0.3 is 18.2 Å². The summed E-state index contributed by atoms with van der Waals surface area (Å²) in [5.74, 6) is -6.97. The summed E-state index contributed by atoms with van der Waals surface area (Å²) in [6, 6.07) is -0.806. The Hall–Kier alpha value is -2.33. The van der Waals surface area contributed by atoms with Gasteiger partial charge in [-0.2, -0.15) is 13.2 Å². The van der Waals surface area contributed by atoms with Gasteiger partial charge in [-0.15, -0.1) is 0 Å². The number of hydrogen-bond acceptors (Lipinski definition) is 4. The van der Waals surface area contributed by atoms with Crippen molar-refractivity contribution in [1.82, 2.24) is 15.1 Å². The van der Waals surface area contributed by atoms with Gasteiger partial charge in [-0.05, 0) is 0 Å². The van der Waals surface area contributed by atoms with Crippen LogP contribution < -0.4 is 5.32 Å². The fourth-order valence-electron chi connectivity index (χ4n) is 2.46. The second kappa shape index (κ2) is 5.46. The number of likely N-dealkylation sites (tertiary alicyclic amines) is 1. The second-order valence-corrected chi connectivity index (χ2v) is 5.10. The highest BCUT2D eigenvalue weighted by Crippen LogP contribution is 2.37. The van der Waals surface area contributed by atoms with Crippen molar-refractivity contribution in [2.45, 2.75) is 6.18 Å². The highest BCUT2D eigenvalue weighted by molar-refractivity contribution is 6.03. The van der Waals surface area contributed by atoms with Gasteiger partial charge in [-0.1, -0.05) is 0 Å². The van der Waals surface area contributed by atoms with E-state index in [2.05, 4.69) is 0 Å². The number of nitrogens with zero attached hydrogens (tertiary/aromatic N) is 2. The van der Waals surface area contributed by atoms with Crippen molar-refractivity contribution in [3.8, 4) is 0 Å². The molecule has 0 spiro atoms. The number of carboxylic acids is 1. The third kappa shape index (κ3) is 3.12. The maximum Gasteiger partial charge on any atom is 0.394 e. The molecule has 0 aliphatic carbocycles. The number of carbonyl (C=O) groups is 4. The molecule has 122 valence electrons. The van der Waals surface area contributed by atoms with E-state index in [4.69, 9.17) is 5.11 Å². The van der Waals surface area contributed by atoms with Crippen LogP contribution in [0.25, 0.3) is 0 Å². The molecule has 0 aromatic rings. The number of nitrogens with one attached hydrogen (secondary N) is 1. The predicted molar refractivity (Wildman–Crippen MR) is 62.4 cm³/mol. The number of imide groups is 1. The molecular weight excluding hydrogens is 311 g/mol. The monoisotopic (exact) mass is 323 g/mol. The van der Waals surface area contributed by atoms with E-state index >= 15 is 0 Å². The van der Waals surface area contributed by atoms with Gasteiger partial charge in [-0.25, -0.2) is 4.79 Å². The molecule has 2 heterocycles. The molecule has 0 aromatic heterocycles. The van der Waals surface area contributed by atoms with Gasteiger partial charge in [-0.3, -0.25) is 19.7 Å². The lowest BCUT2D eigenvalue weighted by atomic mass is 9.96. The Kier molecular flexibility index (Phi) is 3.98. The summed E-state index contributed by atoms with van der Waals surface area (Å²) >= 11 is 0. The SMILES string of the molecule is O=C1CN(CC(=O)N2C[C@@H](C(F)(F)F)[C@H](C(=O)O)C2)C(=O)N1. The minimum Gasteiger partial charge on any atom is -0.481 e. The summed E-state index contributed by atoms with van der Waals surface area (Å²) in [5, 5.41) is 10.8. The zero-order valence-electron chi connectivity index (χ0n) is 11.1. The highest BCUT2D eigenvalue weighted by atomic mass is 19.4. The molecule has 2 aliphatic rings. The second-order valence-electron chi connectivity index (χ2n) is 5.10. The quantitative estimate of drug-likeness (QED) is 0.665. The molecule has 4 amide bonds. The smallest absolute Gasteiger partial charge is 0.394 e. The summed E-state index contributed by atoms with van der Waals surface area (Å²) in [6.45, 7) is -2.29. The number of hydrogen-bond donors (Lipinski definition) is 2. The lowest BCUT2D eigenvalue weighted by molar-refractivity contribution is -0.188. The minimum absolute atomic E-state index is 0.358. The summed E-state index contributed by atoms with van der Waals surface area (Å²) in [7, 11) is 0. The van der Waals surface area contributed by atoms with Crippen molar-refractivity contribution < 1.29 is 37.5 Å². The van der Waals surface area contributed by atoms with Crippen LogP contribution in [0, 0.1) is 11.8 Å². The van der Waals surface area contributed by atoms with E-state index in [0.717, 1.165) is 9.80 Å². The van der Waals surface area contributed by atoms with E-state index in [1.807, 2.05) is 5.32 Å². The van der Waals surface area contributed by atoms with Crippen molar-refractivity contribution in [3.05, 3.63) is 0 Å². The topological polar surface area (TPSA) is 107 Å². The zero-order valence-corrected chi connectivity index (χ0v) is 11.1. The molecule has 0 unspecified atom stereocenters. The standard InChI is InChI=1S/C11H12F3N3O5/c12-11(13,14)6-2-16(1-5(6)9(20)21)8(19)4-17-3-7(18)15-10(17)22/h5-6H,1-4H2,(H,20,21)(H,15,18,22)/t5-,6-/m1/s1. The van der Waals surface area contributed by atoms with E-state index in [9.17, 15) is 32.3 Å². The Morgan fingerprint density at radius 1 is 1.27 bits per heavy atom. The van der Waals surface area contributed by atoms with Gasteiger partial charge in [0.05, 0.1) is 11.8 Å². The maximum absolute atomic E-state index is 12.8. The van der Waals surface area contributed by atoms with Crippen molar-refractivity contribution in [2.75, 3.05) is 26.2 Å². The van der Waals surface area contributed by atoms with Crippen molar-refractivity contribution in [2.24, 2.45) is 11.8 Å². The Balaban J connectivity index is 2.04. The van der Waals surface area contributed by atoms with E-state index < -0.39 is 61.5 Å². The fourth-order valence-corrected chi connectivity index (χ4v) is 2.46. The Morgan fingerprint density at radius 2 is 1.91 bits per heavy atom. The number of amides is 4. The van der Waals surface area contributed by atoms with Crippen LogP contribution in [0.4, 0.5) is 18.0 Å². The lowest BCUT2D eigenvalue weighted by Gasteiger charge is -2.20. The predicted octanol–water partition coefficient (Wildman–Crippen LogP) is -0.740. The molecule has 11 heteroatoms. The normalized spacial score (nSPS) is 25.6. The third-order valence-electron chi connectivity index (χ3n) is 3.60. The first kappa shape index (κ1) is 16.0. The molecule has 2 aliphatic heterocycles. The molecule has 2 saturated heterocycles. The molecule has 0 bridgehead atoms. The van der Waals surface area contributed by atoms with E-state index in [0.29, 0.717) is 0 Å². The highest BCUT2D eigenvalue weighted by Gasteiger charge is 2.53. The van der Waals surface area contributed by atoms with Crippen molar-refractivity contribution in [3.63, 3.8) is 0 Å². The number of carboxylic acid groups (broad SMARTS) is 1. The summed E-state index contributed by atoms with van der Waals surface area (Å²) in [4.78, 5) is 46.7. The van der Waals surface area contributed by atoms with E-state index in [1.54, 1.807) is 0 Å². The molecule has 8 nitrogen and oxygen atoms in total. The molecular formula is C11H12F3N3O5. The van der Waals surface area contributed by atoms with E-state index in [1.165, 1.54) is 0 Å².